The second kappa shape index (κ2) is 10.4. The first-order chi connectivity index (χ1) is 16.5. The van der Waals surface area contributed by atoms with E-state index in [-0.39, 0.29) is 36.3 Å². The molecule has 9 nitrogen and oxygen atoms in total. The first kappa shape index (κ1) is 23.4. The van der Waals surface area contributed by atoms with Gasteiger partial charge in [-0.05, 0) is 49.8 Å². The minimum atomic E-state index is -0.592. The quantitative estimate of drug-likeness (QED) is 0.443. The number of hydrogen-bond acceptors (Lipinski definition) is 5. The van der Waals surface area contributed by atoms with E-state index in [1.807, 2.05) is 0 Å². The lowest BCUT2D eigenvalue weighted by atomic mass is 9.83. The molecule has 1 unspecified atom stereocenters. The van der Waals surface area contributed by atoms with Crippen LogP contribution in [0.2, 0.25) is 0 Å². The van der Waals surface area contributed by atoms with Crippen molar-refractivity contribution >= 4 is 34.5 Å². The van der Waals surface area contributed by atoms with E-state index in [1.54, 1.807) is 24.3 Å². The third kappa shape index (κ3) is 5.57. The molecule has 0 bridgehead atoms. The third-order valence-corrected chi connectivity index (χ3v) is 6.40. The summed E-state index contributed by atoms with van der Waals surface area (Å²) in [4.78, 5) is 40.7. The highest BCUT2D eigenvalue weighted by atomic mass is 16.5. The number of hydrogen-bond donors (Lipinski definition) is 4. The lowest BCUT2D eigenvalue weighted by molar-refractivity contribution is -0.127. The molecule has 1 heterocycles. The van der Waals surface area contributed by atoms with Crippen LogP contribution in [-0.4, -0.2) is 41.6 Å². The van der Waals surface area contributed by atoms with Crippen LogP contribution in [0.25, 0.3) is 10.9 Å². The van der Waals surface area contributed by atoms with E-state index >= 15 is 0 Å². The highest BCUT2D eigenvalue weighted by Gasteiger charge is 2.37. The molecule has 0 spiro atoms. The van der Waals surface area contributed by atoms with Crippen LogP contribution < -0.4 is 16.0 Å². The molecule has 2 fully saturated rings. The van der Waals surface area contributed by atoms with Gasteiger partial charge >= 0.3 is 6.09 Å². The van der Waals surface area contributed by atoms with E-state index in [2.05, 4.69) is 33.6 Å². The van der Waals surface area contributed by atoms with Gasteiger partial charge in [0, 0.05) is 22.6 Å². The summed E-state index contributed by atoms with van der Waals surface area (Å²) >= 11 is 0. The molecule has 178 valence electrons. The van der Waals surface area contributed by atoms with E-state index in [0.29, 0.717) is 29.7 Å². The van der Waals surface area contributed by atoms with Crippen LogP contribution >= 0.6 is 0 Å². The number of ether oxygens (including phenoxy) is 1. The molecule has 0 saturated heterocycles. The summed E-state index contributed by atoms with van der Waals surface area (Å²) in [5.74, 6) is -0.548. The number of nitriles is 1. The number of fused-ring (bicyclic) bond motifs is 1. The Morgan fingerprint density at radius 1 is 1.21 bits per heavy atom. The molecule has 2 saturated carbocycles. The fraction of sp³-hybridized carbons (Fsp3) is 0.440. The predicted octanol–water partition coefficient (Wildman–Crippen LogP) is 3.61. The molecule has 3 atom stereocenters. The van der Waals surface area contributed by atoms with Gasteiger partial charge in [-0.15, -0.1) is 0 Å². The van der Waals surface area contributed by atoms with Crippen molar-refractivity contribution < 1.29 is 19.1 Å². The number of anilines is 1. The molecule has 3 amide bonds. The van der Waals surface area contributed by atoms with Gasteiger partial charge in [-0.25, -0.2) is 4.79 Å². The topological polar surface area (TPSA) is 136 Å². The van der Waals surface area contributed by atoms with Crippen molar-refractivity contribution in [2.75, 3.05) is 11.9 Å². The van der Waals surface area contributed by atoms with E-state index in [9.17, 15) is 19.6 Å². The van der Waals surface area contributed by atoms with E-state index in [0.717, 1.165) is 31.1 Å². The fourth-order valence-electron chi connectivity index (χ4n) is 4.42. The van der Waals surface area contributed by atoms with Gasteiger partial charge in [0.05, 0.1) is 12.0 Å². The predicted molar refractivity (Wildman–Crippen MR) is 127 cm³/mol. The smallest absolute Gasteiger partial charge is 0.411 e. The number of aromatic amines is 1. The molecular weight excluding hydrogens is 434 g/mol. The molecule has 0 radical (unpaired) electrons. The number of aromatic nitrogens is 1. The van der Waals surface area contributed by atoms with Crippen molar-refractivity contribution in [2.45, 2.75) is 50.6 Å². The van der Waals surface area contributed by atoms with Crippen LogP contribution in [0.5, 0.6) is 0 Å². The Bertz CT molecular complexity index is 1130. The van der Waals surface area contributed by atoms with Crippen molar-refractivity contribution in [3.05, 3.63) is 42.6 Å². The Hall–Kier alpha value is -3.80. The van der Waals surface area contributed by atoms with Gasteiger partial charge in [0.25, 0.3) is 5.91 Å². The molecule has 9 heteroatoms. The first-order valence-electron chi connectivity index (χ1n) is 11.7. The van der Waals surface area contributed by atoms with Gasteiger partial charge in [-0.2, -0.15) is 5.26 Å². The molecule has 1 aromatic heterocycles. The van der Waals surface area contributed by atoms with Gasteiger partial charge in [0.1, 0.15) is 18.3 Å². The normalized spacial score (nSPS) is 20.6. The minimum Gasteiger partial charge on any atom is -0.445 e. The van der Waals surface area contributed by atoms with Crippen LogP contribution in [-0.2, 0) is 9.53 Å². The third-order valence-electron chi connectivity index (χ3n) is 6.40. The summed E-state index contributed by atoms with van der Waals surface area (Å²) in [6, 6.07) is 8.43. The molecule has 34 heavy (non-hydrogen) atoms. The van der Waals surface area contributed by atoms with E-state index < -0.39 is 12.1 Å². The molecule has 2 aliphatic rings. The van der Waals surface area contributed by atoms with E-state index in [1.165, 1.54) is 6.08 Å². The van der Waals surface area contributed by atoms with Crippen molar-refractivity contribution in [2.24, 2.45) is 11.8 Å². The molecule has 1 aromatic carbocycles. The van der Waals surface area contributed by atoms with Crippen LogP contribution in [0, 0.1) is 23.2 Å². The maximum Gasteiger partial charge on any atom is 0.411 e. The summed E-state index contributed by atoms with van der Waals surface area (Å²) in [7, 11) is 0. The molecule has 4 rings (SSSR count). The monoisotopic (exact) mass is 463 g/mol. The lowest BCUT2D eigenvalue weighted by Gasteiger charge is -2.31. The van der Waals surface area contributed by atoms with Crippen molar-refractivity contribution in [1.82, 2.24) is 15.6 Å². The summed E-state index contributed by atoms with van der Waals surface area (Å²) in [5.41, 5.74) is 1.59. The maximum absolute atomic E-state index is 13.0. The number of benzene rings is 1. The van der Waals surface area contributed by atoms with Crippen LogP contribution in [0.3, 0.4) is 0 Å². The van der Waals surface area contributed by atoms with E-state index in [4.69, 9.17) is 4.74 Å². The molecule has 4 N–H and O–H groups in total. The van der Waals surface area contributed by atoms with Crippen molar-refractivity contribution in [3.63, 3.8) is 0 Å². The van der Waals surface area contributed by atoms with Crippen molar-refractivity contribution in [3.8, 4) is 6.07 Å². The number of carbonyl (C=O) groups is 3. The number of H-pyrrole nitrogens is 1. The van der Waals surface area contributed by atoms with Gasteiger partial charge in [0.2, 0.25) is 5.91 Å². The number of carbonyl (C=O) groups excluding carboxylic acids is 3. The zero-order valence-corrected chi connectivity index (χ0v) is 18.9. The SMILES string of the molecule is C=CCOC(=O)Nc1ccc2cc(C(=O)NC3CCCC[C@H]3C(=O)N[C@H](C#N)C3CC3)[nH]c2c1. The number of nitrogens with one attached hydrogen (secondary N) is 4. The Kier molecular flexibility index (Phi) is 7.16. The Balaban J connectivity index is 1.41. The average Bonchev–Trinajstić information content (AvgIpc) is 3.59. The fourth-order valence-corrected chi connectivity index (χ4v) is 4.42. The highest BCUT2D eigenvalue weighted by Crippen LogP contribution is 2.33. The second-order valence-electron chi connectivity index (χ2n) is 8.92. The number of rotatable bonds is 8. The molecule has 2 aliphatic carbocycles. The van der Waals surface area contributed by atoms with Gasteiger partial charge in [-0.1, -0.05) is 31.6 Å². The zero-order valence-electron chi connectivity index (χ0n) is 18.9. The highest BCUT2D eigenvalue weighted by molar-refractivity contribution is 5.99. The minimum absolute atomic E-state index is 0.110. The summed E-state index contributed by atoms with van der Waals surface area (Å²) in [6.07, 6.45) is 6.08. The van der Waals surface area contributed by atoms with Crippen LogP contribution in [0.4, 0.5) is 10.5 Å². The number of nitrogens with zero attached hydrogens (tertiary/aromatic N) is 1. The number of amides is 3. The maximum atomic E-state index is 13.0. The summed E-state index contributed by atoms with van der Waals surface area (Å²) in [6.45, 7) is 3.61. The van der Waals surface area contributed by atoms with Gasteiger partial charge < -0.3 is 20.4 Å². The second-order valence-corrected chi connectivity index (χ2v) is 8.92. The zero-order chi connectivity index (χ0) is 24.1. The average molecular weight is 464 g/mol. The molecular formula is C25H29N5O4. The summed E-state index contributed by atoms with van der Waals surface area (Å²) < 4.78 is 4.92. The molecule has 0 aliphatic heterocycles. The van der Waals surface area contributed by atoms with Crippen LogP contribution in [0.15, 0.2) is 36.9 Å². The largest absolute Gasteiger partial charge is 0.445 e. The van der Waals surface area contributed by atoms with Gasteiger partial charge in [-0.3, -0.25) is 14.9 Å². The standard InChI is InChI=1S/C25H29N5O4/c1-2-11-34-25(33)27-17-10-9-16-12-21(28-20(16)13-17)24(32)29-19-6-4-3-5-18(19)23(31)30-22(14-26)15-7-8-15/h2,9-10,12-13,15,18-19,22,28H,1,3-8,11H2,(H,27,33)(H,29,32)(H,30,31)/t18-,19?,22-/m1/s1. The van der Waals surface area contributed by atoms with Crippen molar-refractivity contribution in [1.29, 1.82) is 5.26 Å². The Labute approximate surface area is 197 Å². The lowest BCUT2D eigenvalue weighted by Crippen LogP contribution is -2.50. The van der Waals surface area contributed by atoms with Crippen LogP contribution in [0.1, 0.15) is 49.0 Å². The summed E-state index contributed by atoms with van der Waals surface area (Å²) in [5, 5.41) is 18.7. The van der Waals surface area contributed by atoms with Gasteiger partial charge in [0.15, 0.2) is 0 Å². The first-order valence-corrected chi connectivity index (χ1v) is 11.7. The Morgan fingerprint density at radius 2 is 2.00 bits per heavy atom. The Morgan fingerprint density at radius 3 is 2.74 bits per heavy atom. The molecule has 2 aromatic rings.